The summed E-state index contributed by atoms with van der Waals surface area (Å²) in [5.41, 5.74) is 1.03. The number of carbonyl (C=O) groups excluding carboxylic acids is 2. The highest BCUT2D eigenvalue weighted by molar-refractivity contribution is 6.21. The number of allylic oxidation sites excluding steroid dienone is 1. The summed E-state index contributed by atoms with van der Waals surface area (Å²) >= 11 is 0. The molecule has 2 amide bonds. The molecule has 0 radical (unpaired) electrons. The number of amides is 2. The van der Waals surface area contributed by atoms with Gasteiger partial charge in [0.25, 0.3) is 11.8 Å². The Morgan fingerprint density at radius 3 is 2.32 bits per heavy atom. The SMILES string of the molecule is C=CC#CCCCCN1C(=O)c2ccccc2C1=O. The highest BCUT2D eigenvalue weighted by atomic mass is 16.2. The van der Waals surface area contributed by atoms with E-state index in [0.29, 0.717) is 17.7 Å². The molecule has 0 saturated carbocycles. The number of unbranched alkanes of at least 4 members (excludes halogenated alkanes) is 2. The van der Waals surface area contributed by atoms with Gasteiger partial charge in [-0.2, -0.15) is 0 Å². The number of fused-ring (bicyclic) bond motifs is 1. The van der Waals surface area contributed by atoms with E-state index in [1.165, 1.54) is 4.90 Å². The second kappa shape index (κ2) is 6.01. The molecule has 3 heteroatoms. The molecule has 2 rings (SSSR count). The molecule has 1 aliphatic heterocycles. The van der Waals surface area contributed by atoms with Crippen LogP contribution in [0.5, 0.6) is 0 Å². The summed E-state index contributed by atoms with van der Waals surface area (Å²) < 4.78 is 0. The van der Waals surface area contributed by atoms with Gasteiger partial charge < -0.3 is 0 Å². The zero-order valence-electron chi connectivity index (χ0n) is 10.7. The van der Waals surface area contributed by atoms with E-state index in [4.69, 9.17) is 0 Å². The third kappa shape index (κ3) is 2.74. The van der Waals surface area contributed by atoms with Crippen molar-refractivity contribution in [1.82, 2.24) is 4.90 Å². The Bertz CT molecular complexity index is 543. The van der Waals surface area contributed by atoms with Crippen LogP contribution in [0.2, 0.25) is 0 Å². The van der Waals surface area contributed by atoms with Gasteiger partial charge in [0.2, 0.25) is 0 Å². The lowest BCUT2D eigenvalue weighted by atomic mass is 10.1. The molecule has 1 heterocycles. The highest BCUT2D eigenvalue weighted by Gasteiger charge is 2.34. The van der Waals surface area contributed by atoms with Crippen molar-refractivity contribution in [3.8, 4) is 11.8 Å². The second-order valence-corrected chi connectivity index (χ2v) is 4.29. The number of hydrogen-bond acceptors (Lipinski definition) is 2. The summed E-state index contributed by atoms with van der Waals surface area (Å²) in [6, 6.07) is 6.95. The molecule has 3 nitrogen and oxygen atoms in total. The van der Waals surface area contributed by atoms with E-state index in [2.05, 4.69) is 18.4 Å². The number of nitrogens with zero attached hydrogens (tertiary/aromatic N) is 1. The molecular weight excluding hydrogens is 238 g/mol. The molecule has 0 unspecified atom stereocenters. The summed E-state index contributed by atoms with van der Waals surface area (Å²) in [5.74, 6) is 5.35. The molecule has 96 valence electrons. The maximum absolute atomic E-state index is 12.0. The lowest BCUT2D eigenvalue weighted by Crippen LogP contribution is -2.30. The smallest absolute Gasteiger partial charge is 0.261 e. The van der Waals surface area contributed by atoms with Crippen LogP contribution < -0.4 is 0 Å². The van der Waals surface area contributed by atoms with Crippen molar-refractivity contribution in [3.63, 3.8) is 0 Å². The zero-order chi connectivity index (χ0) is 13.7. The molecule has 1 aromatic rings. The van der Waals surface area contributed by atoms with Gasteiger partial charge in [-0.25, -0.2) is 0 Å². The third-order valence-corrected chi connectivity index (χ3v) is 3.02. The first-order chi connectivity index (χ1) is 9.25. The van der Waals surface area contributed by atoms with Gasteiger partial charge in [0.1, 0.15) is 0 Å². The standard InChI is InChI=1S/C16H15NO2/c1-2-3-4-5-6-9-12-17-15(18)13-10-7-8-11-14(13)16(17)19/h2,7-8,10-11H,1,5-6,9,12H2. The fraction of sp³-hybridized carbons (Fsp3) is 0.250. The van der Waals surface area contributed by atoms with Crippen molar-refractivity contribution in [2.75, 3.05) is 6.54 Å². The maximum atomic E-state index is 12.0. The topological polar surface area (TPSA) is 37.4 Å². The van der Waals surface area contributed by atoms with Crippen LogP contribution in [0.3, 0.4) is 0 Å². The predicted octanol–water partition coefficient (Wildman–Crippen LogP) is 2.64. The largest absolute Gasteiger partial charge is 0.274 e. The molecule has 0 bridgehead atoms. The Balaban J connectivity index is 1.92. The lowest BCUT2D eigenvalue weighted by Gasteiger charge is -2.12. The molecule has 0 fully saturated rings. The molecule has 0 aromatic heterocycles. The van der Waals surface area contributed by atoms with Gasteiger partial charge in [-0.15, -0.1) is 0 Å². The third-order valence-electron chi connectivity index (χ3n) is 3.02. The minimum Gasteiger partial charge on any atom is -0.274 e. The lowest BCUT2D eigenvalue weighted by molar-refractivity contribution is 0.0652. The minimum atomic E-state index is -0.183. The molecule has 0 atom stereocenters. The Kier molecular flexibility index (Phi) is 4.15. The first-order valence-corrected chi connectivity index (χ1v) is 6.30. The minimum absolute atomic E-state index is 0.183. The molecule has 1 aromatic carbocycles. The molecule has 0 spiro atoms. The van der Waals surface area contributed by atoms with Gasteiger partial charge in [-0.05, 0) is 31.1 Å². The van der Waals surface area contributed by atoms with Gasteiger partial charge >= 0.3 is 0 Å². The van der Waals surface area contributed by atoms with Crippen LogP contribution in [0.4, 0.5) is 0 Å². The van der Waals surface area contributed by atoms with E-state index in [9.17, 15) is 9.59 Å². The number of rotatable bonds is 4. The van der Waals surface area contributed by atoms with Crippen molar-refractivity contribution in [2.24, 2.45) is 0 Å². The van der Waals surface area contributed by atoms with Crippen molar-refractivity contribution in [1.29, 1.82) is 0 Å². The highest BCUT2D eigenvalue weighted by Crippen LogP contribution is 2.22. The van der Waals surface area contributed by atoms with Crippen LogP contribution in [0.1, 0.15) is 40.0 Å². The quantitative estimate of drug-likeness (QED) is 0.470. The number of carbonyl (C=O) groups is 2. The van der Waals surface area contributed by atoms with Crippen LogP contribution >= 0.6 is 0 Å². The number of hydrogen-bond donors (Lipinski definition) is 0. The van der Waals surface area contributed by atoms with Crippen molar-refractivity contribution in [2.45, 2.75) is 19.3 Å². The molecular formula is C16H15NO2. The van der Waals surface area contributed by atoms with E-state index in [1.807, 2.05) is 0 Å². The Labute approximate surface area is 112 Å². The summed E-state index contributed by atoms with van der Waals surface area (Å²) in [4.78, 5) is 25.4. The Hall–Kier alpha value is -2.34. The molecule has 0 saturated heterocycles. The number of benzene rings is 1. The predicted molar refractivity (Wildman–Crippen MR) is 73.6 cm³/mol. The van der Waals surface area contributed by atoms with E-state index >= 15 is 0 Å². The fourth-order valence-corrected chi connectivity index (χ4v) is 2.07. The van der Waals surface area contributed by atoms with Gasteiger partial charge in [-0.3, -0.25) is 14.5 Å². The van der Waals surface area contributed by atoms with Crippen molar-refractivity contribution < 1.29 is 9.59 Å². The summed E-state index contributed by atoms with van der Waals surface area (Å²) in [5, 5.41) is 0. The van der Waals surface area contributed by atoms with Gasteiger partial charge in [0, 0.05) is 13.0 Å². The van der Waals surface area contributed by atoms with Crippen LogP contribution in [-0.2, 0) is 0 Å². The Morgan fingerprint density at radius 1 is 1.11 bits per heavy atom. The average molecular weight is 253 g/mol. The summed E-state index contributed by atoms with van der Waals surface area (Å²) in [7, 11) is 0. The normalized spacial score (nSPS) is 12.9. The first-order valence-electron chi connectivity index (χ1n) is 6.30. The van der Waals surface area contributed by atoms with Gasteiger partial charge in [-0.1, -0.05) is 30.6 Å². The molecule has 1 aliphatic rings. The van der Waals surface area contributed by atoms with Crippen molar-refractivity contribution in [3.05, 3.63) is 48.0 Å². The monoisotopic (exact) mass is 253 g/mol. The van der Waals surface area contributed by atoms with E-state index in [0.717, 1.165) is 19.3 Å². The molecule has 0 N–H and O–H groups in total. The van der Waals surface area contributed by atoms with Crippen LogP contribution in [0.25, 0.3) is 0 Å². The van der Waals surface area contributed by atoms with Crippen LogP contribution in [-0.4, -0.2) is 23.3 Å². The summed E-state index contributed by atoms with van der Waals surface area (Å²) in [6.07, 6.45) is 3.96. The maximum Gasteiger partial charge on any atom is 0.261 e. The molecule has 19 heavy (non-hydrogen) atoms. The second-order valence-electron chi connectivity index (χ2n) is 4.29. The number of imide groups is 1. The van der Waals surface area contributed by atoms with Gasteiger partial charge in [0.05, 0.1) is 11.1 Å². The first kappa shape index (κ1) is 13.1. The molecule has 0 aliphatic carbocycles. The Morgan fingerprint density at radius 2 is 1.74 bits per heavy atom. The van der Waals surface area contributed by atoms with Crippen LogP contribution in [0, 0.1) is 11.8 Å². The summed E-state index contributed by atoms with van der Waals surface area (Å²) in [6.45, 7) is 3.97. The zero-order valence-corrected chi connectivity index (χ0v) is 10.7. The van der Waals surface area contributed by atoms with E-state index in [-0.39, 0.29) is 11.8 Å². The van der Waals surface area contributed by atoms with Gasteiger partial charge in [0.15, 0.2) is 0 Å². The van der Waals surface area contributed by atoms with Crippen LogP contribution in [0.15, 0.2) is 36.9 Å². The van der Waals surface area contributed by atoms with Crippen molar-refractivity contribution >= 4 is 11.8 Å². The van der Waals surface area contributed by atoms with E-state index in [1.54, 1.807) is 30.3 Å². The van der Waals surface area contributed by atoms with E-state index < -0.39 is 0 Å². The fourth-order valence-electron chi connectivity index (χ4n) is 2.07. The average Bonchev–Trinajstić information content (AvgIpc) is 2.68.